The van der Waals surface area contributed by atoms with Crippen molar-refractivity contribution < 1.29 is 4.74 Å². The average Bonchev–Trinajstić information content (AvgIpc) is 2.47. The minimum absolute atomic E-state index is 0.712. The molecule has 2 N–H and O–H groups in total. The van der Waals surface area contributed by atoms with Gasteiger partial charge in [0, 0.05) is 37.2 Å². The Morgan fingerprint density at radius 1 is 1.40 bits per heavy atom. The van der Waals surface area contributed by atoms with Gasteiger partial charge in [0.1, 0.15) is 16.2 Å². The molecule has 0 radical (unpaired) electrons. The zero-order valence-corrected chi connectivity index (χ0v) is 12.2. The topological polar surface area (TPSA) is 49.9 Å². The summed E-state index contributed by atoms with van der Waals surface area (Å²) in [5.74, 6) is 1.78. The minimum atomic E-state index is 0.712. The molecule has 5 heteroatoms. The van der Waals surface area contributed by atoms with Crippen LogP contribution < -0.4 is 10.1 Å². The average molecular weight is 287 g/mol. The first-order valence-electron chi connectivity index (χ1n) is 6.71. The summed E-state index contributed by atoms with van der Waals surface area (Å²) in [6.07, 6.45) is 1.72. The van der Waals surface area contributed by atoms with E-state index in [9.17, 15) is 0 Å². The van der Waals surface area contributed by atoms with Crippen LogP contribution in [0.3, 0.4) is 0 Å². The second kappa shape index (κ2) is 5.73. The molecule has 0 amide bonds. The van der Waals surface area contributed by atoms with Crippen molar-refractivity contribution in [2.24, 2.45) is 0 Å². The van der Waals surface area contributed by atoms with Crippen molar-refractivity contribution in [1.29, 1.82) is 0 Å². The molecule has 1 aromatic carbocycles. The number of fused-ring (bicyclic) bond motifs is 1. The van der Waals surface area contributed by atoms with Crippen LogP contribution in [0.4, 0.5) is 0 Å². The largest absolute Gasteiger partial charge is 0.497 e. The highest BCUT2D eigenvalue weighted by molar-refractivity contribution is 7.71. The maximum Gasteiger partial charge on any atom is 0.134 e. The van der Waals surface area contributed by atoms with Crippen LogP contribution >= 0.6 is 12.2 Å². The van der Waals surface area contributed by atoms with Gasteiger partial charge in [0.05, 0.1) is 7.11 Å². The number of aromatic nitrogens is 2. The van der Waals surface area contributed by atoms with Crippen molar-refractivity contribution in [3.63, 3.8) is 0 Å². The lowest BCUT2D eigenvalue weighted by Crippen LogP contribution is -2.26. The van der Waals surface area contributed by atoms with Crippen LogP contribution in [0.5, 0.6) is 5.75 Å². The number of aromatic amines is 1. The highest BCUT2D eigenvalue weighted by atomic mass is 32.1. The Labute approximate surface area is 123 Å². The van der Waals surface area contributed by atoms with Gasteiger partial charge in [-0.1, -0.05) is 24.4 Å². The minimum Gasteiger partial charge on any atom is -0.497 e. The molecule has 20 heavy (non-hydrogen) atoms. The van der Waals surface area contributed by atoms with Gasteiger partial charge in [0.2, 0.25) is 0 Å². The molecule has 0 atom stereocenters. The predicted molar refractivity (Wildman–Crippen MR) is 80.6 cm³/mol. The third kappa shape index (κ3) is 2.73. The molecule has 3 rings (SSSR count). The fourth-order valence-electron chi connectivity index (χ4n) is 2.48. The molecule has 1 aromatic heterocycles. The van der Waals surface area contributed by atoms with E-state index >= 15 is 0 Å². The third-order valence-corrected chi connectivity index (χ3v) is 3.85. The molecule has 0 aliphatic carbocycles. The molecule has 0 saturated carbocycles. The zero-order valence-electron chi connectivity index (χ0n) is 11.4. The van der Waals surface area contributed by atoms with Crippen molar-refractivity contribution in [2.45, 2.75) is 19.4 Å². The number of methoxy groups -OCH3 is 1. The van der Waals surface area contributed by atoms with E-state index in [1.165, 1.54) is 5.69 Å². The van der Waals surface area contributed by atoms with Gasteiger partial charge in [0.25, 0.3) is 0 Å². The van der Waals surface area contributed by atoms with Crippen molar-refractivity contribution in [1.82, 2.24) is 15.3 Å². The van der Waals surface area contributed by atoms with Gasteiger partial charge in [-0.2, -0.15) is 0 Å². The maximum atomic E-state index is 5.40. The number of rotatable bonds is 3. The van der Waals surface area contributed by atoms with Crippen LogP contribution in [-0.4, -0.2) is 23.6 Å². The molecule has 1 aliphatic rings. The van der Waals surface area contributed by atoms with E-state index in [1.807, 2.05) is 18.2 Å². The van der Waals surface area contributed by atoms with Crippen LogP contribution in [0.15, 0.2) is 24.3 Å². The molecule has 2 aromatic rings. The number of nitrogens with zero attached hydrogens (tertiary/aromatic N) is 1. The third-order valence-electron chi connectivity index (χ3n) is 3.51. The van der Waals surface area contributed by atoms with Gasteiger partial charge >= 0.3 is 0 Å². The number of H-pyrrole nitrogens is 1. The Bertz CT molecular complexity index is 681. The van der Waals surface area contributed by atoms with Crippen LogP contribution in [0.2, 0.25) is 0 Å². The molecule has 4 nitrogen and oxygen atoms in total. The summed E-state index contributed by atoms with van der Waals surface area (Å²) < 4.78 is 5.96. The number of hydrogen-bond acceptors (Lipinski definition) is 4. The van der Waals surface area contributed by atoms with Gasteiger partial charge in [-0.25, -0.2) is 4.98 Å². The van der Waals surface area contributed by atoms with E-state index in [0.717, 1.165) is 48.6 Å². The first-order chi connectivity index (χ1) is 9.76. The summed E-state index contributed by atoms with van der Waals surface area (Å²) in [5, 5.41) is 3.32. The summed E-state index contributed by atoms with van der Waals surface area (Å²) in [5.41, 5.74) is 3.53. The summed E-state index contributed by atoms with van der Waals surface area (Å²) in [7, 11) is 1.68. The van der Waals surface area contributed by atoms with Crippen LogP contribution in [0, 0.1) is 4.64 Å². The summed E-state index contributed by atoms with van der Waals surface area (Å²) in [4.78, 5) is 7.95. The van der Waals surface area contributed by atoms with E-state index in [4.69, 9.17) is 17.0 Å². The summed E-state index contributed by atoms with van der Waals surface area (Å²) in [6, 6.07) is 8.03. The molecule has 104 valence electrons. The monoisotopic (exact) mass is 287 g/mol. The molecular formula is C15H17N3OS. The first-order valence-corrected chi connectivity index (χ1v) is 7.11. The number of ether oxygens (including phenoxy) is 1. The highest BCUT2D eigenvalue weighted by Gasteiger charge is 2.13. The standard InChI is InChI=1S/C15H17N3OS/c1-19-11-4-2-3-10(7-11)8-14-17-13-5-6-16-9-12(13)15(20)18-14/h2-4,7,16H,5-6,8-9H2,1H3,(H,17,18,20). The molecule has 0 spiro atoms. The smallest absolute Gasteiger partial charge is 0.134 e. The van der Waals surface area contributed by atoms with Crippen molar-refractivity contribution in [3.05, 3.63) is 51.6 Å². The maximum absolute atomic E-state index is 5.40. The van der Waals surface area contributed by atoms with E-state index in [2.05, 4.69) is 21.4 Å². The molecular weight excluding hydrogens is 270 g/mol. The molecule has 0 bridgehead atoms. The Morgan fingerprint density at radius 3 is 3.15 bits per heavy atom. The fourth-order valence-corrected chi connectivity index (χ4v) is 2.78. The Morgan fingerprint density at radius 2 is 2.30 bits per heavy atom. The number of nitrogens with one attached hydrogen (secondary N) is 2. The molecule has 0 unspecified atom stereocenters. The van der Waals surface area contributed by atoms with Crippen LogP contribution in [0.1, 0.15) is 22.6 Å². The van der Waals surface area contributed by atoms with Crippen LogP contribution in [-0.2, 0) is 19.4 Å². The zero-order chi connectivity index (χ0) is 13.9. The van der Waals surface area contributed by atoms with E-state index in [0.29, 0.717) is 4.64 Å². The molecule has 2 heterocycles. The van der Waals surface area contributed by atoms with Crippen molar-refractivity contribution in [3.8, 4) is 5.75 Å². The Kier molecular flexibility index (Phi) is 3.80. The van der Waals surface area contributed by atoms with Gasteiger partial charge in [0.15, 0.2) is 0 Å². The predicted octanol–water partition coefficient (Wildman–Crippen LogP) is 2.38. The molecule has 1 aliphatic heterocycles. The van der Waals surface area contributed by atoms with Crippen molar-refractivity contribution >= 4 is 12.2 Å². The summed E-state index contributed by atoms with van der Waals surface area (Å²) in [6.45, 7) is 1.80. The molecule has 0 fully saturated rings. The lowest BCUT2D eigenvalue weighted by Gasteiger charge is -2.17. The van der Waals surface area contributed by atoms with Gasteiger partial charge in [-0.05, 0) is 17.7 Å². The second-order valence-corrected chi connectivity index (χ2v) is 5.29. The van der Waals surface area contributed by atoms with Crippen LogP contribution in [0.25, 0.3) is 0 Å². The lowest BCUT2D eigenvalue weighted by atomic mass is 10.1. The van der Waals surface area contributed by atoms with Gasteiger partial charge < -0.3 is 15.0 Å². The van der Waals surface area contributed by atoms with Gasteiger partial charge in [-0.3, -0.25) is 0 Å². The SMILES string of the molecule is COc1cccc(Cc2nc(=S)c3c([nH]2)CCNC3)c1. The van der Waals surface area contributed by atoms with Crippen molar-refractivity contribution in [2.75, 3.05) is 13.7 Å². The Balaban J connectivity index is 1.91. The number of hydrogen-bond donors (Lipinski definition) is 2. The normalized spacial score (nSPS) is 13.8. The van der Waals surface area contributed by atoms with E-state index < -0.39 is 0 Å². The fraction of sp³-hybridized carbons (Fsp3) is 0.333. The van der Waals surface area contributed by atoms with E-state index in [1.54, 1.807) is 7.11 Å². The highest BCUT2D eigenvalue weighted by Crippen LogP contribution is 2.17. The molecule has 0 saturated heterocycles. The quantitative estimate of drug-likeness (QED) is 0.851. The number of benzene rings is 1. The summed E-state index contributed by atoms with van der Waals surface area (Å²) >= 11 is 5.40. The van der Waals surface area contributed by atoms with E-state index in [-0.39, 0.29) is 0 Å². The lowest BCUT2D eigenvalue weighted by molar-refractivity contribution is 0.414. The second-order valence-electron chi connectivity index (χ2n) is 4.90. The van der Waals surface area contributed by atoms with Gasteiger partial charge in [-0.15, -0.1) is 0 Å². The Hall–Kier alpha value is -1.72. The first kappa shape index (κ1) is 13.3.